The van der Waals surface area contributed by atoms with E-state index in [9.17, 15) is 28.0 Å². The molecule has 0 radical (unpaired) electrons. The third-order valence-electron chi connectivity index (χ3n) is 12.6. The number of carbonyl (C=O) groups excluding carboxylic acids is 3. The van der Waals surface area contributed by atoms with E-state index in [2.05, 4.69) is 42.0 Å². The van der Waals surface area contributed by atoms with Gasteiger partial charge in [-0.05, 0) is 117 Å². The number of aromatic amines is 1. The lowest BCUT2D eigenvalue weighted by atomic mass is 10.0. The van der Waals surface area contributed by atoms with E-state index in [1.807, 2.05) is 48.5 Å². The molecule has 3 saturated heterocycles. The molecule has 16 heteroatoms. The molecular formula is C47H51F2N9O5. The van der Waals surface area contributed by atoms with E-state index in [0.717, 1.165) is 104 Å². The number of aromatic nitrogens is 4. The number of carbonyl (C=O) groups is 3. The number of unbranched alkanes of at least 4 members (excludes halogenated alkanes) is 1. The molecule has 328 valence electrons. The zero-order chi connectivity index (χ0) is 43.6. The Morgan fingerprint density at radius 1 is 0.889 bits per heavy atom. The van der Waals surface area contributed by atoms with Gasteiger partial charge in [-0.15, -0.1) is 0 Å². The lowest BCUT2D eigenvalue weighted by Gasteiger charge is -2.36. The first kappa shape index (κ1) is 41.9. The number of fused-ring (bicyclic) bond motifs is 2. The number of piperazine rings is 1. The average Bonchev–Trinajstić information content (AvgIpc) is 3.78. The molecule has 0 aliphatic carbocycles. The van der Waals surface area contributed by atoms with Crippen LogP contribution in [0.1, 0.15) is 71.6 Å². The van der Waals surface area contributed by atoms with Crippen molar-refractivity contribution in [1.29, 1.82) is 0 Å². The van der Waals surface area contributed by atoms with Crippen LogP contribution in [0.4, 0.5) is 26.0 Å². The maximum atomic E-state index is 14.0. The van der Waals surface area contributed by atoms with Crippen molar-refractivity contribution >= 4 is 56.9 Å². The summed E-state index contributed by atoms with van der Waals surface area (Å²) in [6, 6.07) is 20.3. The Balaban J connectivity index is 0.832. The van der Waals surface area contributed by atoms with E-state index in [1.165, 1.54) is 16.7 Å². The average molecular weight is 860 g/mol. The Labute approximate surface area is 362 Å². The van der Waals surface area contributed by atoms with E-state index in [-0.39, 0.29) is 30.0 Å². The molecule has 0 bridgehead atoms. The fourth-order valence-corrected chi connectivity index (χ4v) is 9.33. The highest BCUT2D eigenvalue weighted by molar-refractivity contribution is 6.11. The molecule has 3 aliphatic heterocycles. The molecule has 5 heterocycles. The molecule has 0 spiro atoms. The number of anilines is 3. The van der Waals surface area contributed by atoms with Crippen molar-refractivity contribution in [3.8, 4) is 0 Å². The zero-order valence-electron chi connectivity index (χ0n) is 35.2. The maximum absolute atomic E-state index is 14.0. The van der Waals surface area contributed by atoms with Crippen molar-refractivity contribution in [2.24, 2.45) is 7.05 Å². The van der Waals surface area contributed by atoms with Gasteiger partial charge in [-0.3, -0.25) is 38.8 Å². The van der Waals surface area contributed by atoms with E-state index < -0.39 is 23.6 Å². The molecule has 2 aromatic heterocycles. The lowest BCUT2D eigenvalue weighted by Crippen LogP contribution is -2.46. The number of imide groups is 1. The topological polar surface area (TPSA) is 159 Å². The minimum absolute atomic E-state index is 0.154. The van der Waals surface area contributed by atoms with Gasteiger partial charge in [0.1, 0.15) is 17.7 Å². The number of H-pyrrole nitrogens is 1. The molecular weight excluding hydrogens is 809 g/mol. The summed E-state index contributed by atoms with van der Waals surface area (Å²) in [5.41, 5.74) is 6.67. The van der Waals surface area contributed by atoms with Crippen molar-refractivity contribution in [2.75, 3.05) is 61.5 Å². The van der Waals surface area contributed by atoms with Crippen LogP contribution in [0, 0.1) is 11.6 Å². The van der Waals surface area contributed by atoms with Crippen LogP contribution in [0.15, 0.2) is 77.6 Å². The van der Waals surface area contributed by atoms with Crippen LogP contribution in [0.5, 0.6) is 0 Å². The number of aryl methyl sites for hydroxylation is 2. The SMILES string of the molecule is Cn1c(=O)n(C2CCC(=O)NC2=O)c2cccc(CCCCN3CCN(c4ccc(C(=O)Nc5n[nH]c6ccc(Cc7cc(F)cc(F)c7)cc56)c(NC5CCOCC5)c4)CC3)c21. The van der Waals surface area contributed by atoms with Crippen LogP contribution < -0.4 is 26.5 Å². The summed E-state index contributed by atoms with van der Waals surface area (Å²) >= 11 is 0. The standard InChI is InChI=1S/C47H51F2N9O5/c1-55-43-31(6-4-7-40(43)58(47(55)62)41-12-13-42(59)51-46(41)61)5-2-3-16-56-17-19-57(20-18-56)35-9-10-36(39(28-35)50-34-14-21-63-22-15-34)45(60)52-44-37-26-29(8-11-38(37)53-54-44)23-30-24-32(48)27-33(49)25-30/h4,6-11,24-28,34,41,50H,2-3,5,12-23H2,1H3,(H,51,59,61)(H2,52,53,54,60). The van der Waals surface area contributed by atoms with Gasteiger partial charge in [0, 0.05) is 81.7 Å². The number of amides is 3. The number of hydrogen-bond acceptors (Lipinski definition) is 9. The van der Waals surface area contributed by atoms with Gasteiger partial charge in [0.25, 0.3) is 5.91 Å². The molecule has 63 heavy (non-hydrogen) atoms. The molecule has 4 aromatic carbocycles. The van der Waals surface area contributed by atoms with E-state index in [4.69, 9.17) is 4.74 Å². The van der Waals surface area contributed by atoms with Crippen LogP contribution in [-0.4, -0.2) is 93.9 Å². The number of rotatable bonds is 13. The quantitative estimate of drug-likeness (QED) is 0.0802. The predicted octanol–water partition coefficient (Wildman–Crippen LogP) is 6.05. The molecule has 1 atom stereocenters. The molecule has 1 unspecified atom stereocenters. The summed E-state index contributed by atoms with van der Waals surface area (Å²) in [6.45, 7) is 5.71. The van der Waals surface area contributed by atoms with E-state index in [0.29, 0.717) is 53.9 Å². The third-order valence-corrected chi connectivity index (χ3v) is 12.6. The molecule has 4 N–H and O–H groups in total. The zero-order valence-corrected chi connectivity index (χ0v) is 35.2. The van der Waals surface area contributed by atoms with Crippen LogP contribution in [0.2, 0.25) is 0 Å². The van der Waals surface area contributed by atoms with Crippen LogP contribution >= 0.6 is 0 Å². The number of imidazole rings is 1. The van der Waals surface area contributed by atoms with Gasteiger partial charge >= 0.3 is 5.69 Å². The van der Waals surface area contributed by atoms with Crippen molar-refractivity contribution in [1.82, 2.24) is 29.5 Å². The summed E-state index contributed by atoms with van der Waals surface area (Å²) in [5.74, 6) is -1.95. The molecule has 9 rings (SSSR count). The largest absolute Gasteiger partial charge is 0.381 e. The Kier molecular flexibility index (Phi) is 12.1. The first-order valence-electron chi connectivity index (χ1n) is 21.8. The van der Waals surface area contributed by atoms with Gasteiger partial charge < -0.3 is 20.3 Å². The minimum atomic E-state index is -0.707. The van der Waals surface area contributed by atoms with Crippen LogP contribution in [0.3, 0.4) is 0 Å². The summed E-state index contributed by atoms with van der Waals surface area (Å²) < 4.78 is 36.6. The molecule has 0 saturated carbocycles. The highest BCUT2D eigenvalue weighted by Gasteiger charge is 2.32. The molecule has 6 aromatic rings. The van der Waals surface area contributed by atoms with Gasteiger partial charge in [-0.2, -0.15) is 5.10 Å². The highest BCUT2D eigenvalue weighted by atomic mass is 19.1. The number of nitrogens with one attached hydrogen (secondary N) is 4. The normalized spacial score (nSPS) is 17.7. The van der Waals surface area contributed by atoms with Crippen molar-refractivity contribution < 1.29 is 27.9 Å². The maximum Gasteiger partial charge on any atom is 0.329 e. The predicted molar refractivity (Wildman–Crippen MR) is 237 cm³/mol. The number of piperidine rings is 1. The first-order valence-corrected chi connectivity index (χ1v) is 21.8. The Morgan fingerprint density at radius 3 is 2.46 bits per heavy atom. The molecule has 3 amide bonds. The molecule has 3 aliphatic rings. The Bertz CT molecular complexity index is 2730. The smallest absolute Gasteiger partial charge is 0.329 e. The van der Waals surface area contributed by atoms with Gasteiger partial charge in [-0.1, -0.05) is 18.2 Å². The van der Waals surface area contributed by atoms with Gasteiger partial charge in [0.15, 0.2) is 5.82 Å². The molecule has 3 fully saturated rings. The van der Waals surface area contributed by atoms with Gasteiger partial charge in [0.05, 0.1) is 22.1 Å². The van der Waals surface area contributed by atoms with Crippen molar-refractivity contribution in [3.05, 3.63) is 117 Å². The van der Waals surface area contributed by atoms with Gasteiger partial charge in [0.2, 0.25) is 11.8 Å². The fraction of sp³-hybridized carbons (Fsp3) is 0.383. The summed E-state index contributed by atoms with van der Waals surface area (Å²) in [4.78, 5) is 56.7. The van der Waals surface area contributed by atoms with Crippen molar-refractivity contribution in [3.63, 3.8) is 0 Å². The van der Waals surface area contributed by atoms with Crippen molar-refractivity contribution in [2.45, 2.75) is 63.5 Å². The fourth-order valence-electron chi connectivity index (χ4n) is 9.33. The summed E-state index contributed by atoms with van der Waals surface area (Å²) in [6.07, 6.45) is 5.19. The number of nitrogens with zero attached hydrogens (tertiary/aromatic N) is 5. The van der Waals surface area contributed by atoms with Crippen LogP contribution in [0.25, 0.3) is 21.9 Å². The first-order chi connectivity index (χ1) is 30.6. The second kappa shape index (κ2) is 18.1. The number of ether oxygens (including phenoxy) is 1. The lowest BCUT2D eigenvalue weighted by molar-refractivity contribution is -0.135. The summed E-state index contributed by atoms with van der Waals surface area (Å²) in [5, 5.41) is 17.1. The van der Waals surface area contributed by atoms with Crippen LogP contribution in [-0.2, 0) is 34.2 Å². The van der Waals surface area contributed by atoms with E-state index >= 15 is 0 Å². The summed E-state index contributed by atoms with van der Waals surface area (Å²) in [7, 11) is 1.74. The number of hydrogen-bond donors (Lipinski definition) is 4. The minimum Gasteiger partial charge on any atom is -0.381 e. The number of halogens is 2. The second-order valence-electron chi connectivity index (χ2n) is 16.9. The molecule has 14 nitrogen and oxygen atoms in total. The van der Waals surface area contributed by atoms with Gasteiger partial charge in [-0.25, -0.2) is 13.6 Å². The number of benzene rings is 4. The monoisotopic (exact) mass is 859 g/mol. The van der Waals surface area contributed by atoms with E-state index in [1.54, 1.807) is 11.6 Å². The third kappa shape index (κ3) is 9.09. The number of para-hydroxylation sites is 1. The second-order valence-corrected chi connectivity index (χ2v) is 16.9. The highest BCUT2D eigenvalue weighted by Crippen LogP contribution is 2.31. The Morgan fingerprint density at radius 2 is 1.68 bits per heavy atom. The Hall–Kier alpha value is -6.39.